The topological polar surface area (TPSA) is 99.2 Å². The number of aliphatic imine (C=N–C) groups is 1. The van der Waals surface area contributed by atoms with Gasteiger partial charge in [0, 0.05) is 11.9 Å². The van der Waals surface area contributed by atoms with E-state index in [0.717, 1.165) is 17.1 Å². The van der Waals surface area contributed by atoms with Crippen LogP contribution in [0, 0.1) is 0 Å². The predicted octanol–water partition coefficient (Wildman–Crippen LogP) is 0.968. The maximum absolute atomic E-state index is 12.2. The van der Waals surface area contributed by atoms with Gasteiger partial charge in [-0.15, -0.1) is 0 Å². The van der Waals surface area contributed by atoms with Crippen LogP contribution in [0.25, 0.3) is 6.08 Å². The first-order chi connectivity index (χ1) is 10.8. The summed E-state index contributed by atoms with van der Waals surface area (Å²) in [4.78, 5) is 18.6. The fourth-order valence-electron chi connectivity index (χ4n) is 2.42. The van der Waals surface area contributed by atoms with Gasteiger partial charge in [0.1, 0.15) is 5.84 Å². The molecule has 1 aromatic heterocycles. The first-order valence-corrected chi connectivity index (χ1v) is 6.68. The highest BCUT2D eigenvalue weighted by Crippen LogP contribution is 2.29. The van der Waals surface area contributed by atoms with Crippen molar-refractivity contribution < 1.29 is 4.79 Å². The van der Waals surface area contributed by atoms with E-state index in [2.05, 4.69) is 30.9 Å². The van der Waals surface area contributed by atoms with Crippen LogP contribution in [0.1, 0.15) is 5.56 Å². The number of hydrogen-bond acceptors (Lipinski definition) is 6. The highest BCUT2D eigenvalue weighted by atomic mass is 16.2. The van der Waals surface area contributed by atoms with Gasteiger partial charge in [0.05, 0.1) is 12.1 Å². The molecule has 2 aliphatic rings. The predicted molar refractivity (Wildman–Crippen MR) is 81.1 cm³/mol. The van der Waals surface area contributed by atoms with Crippen molar-refractivity contribution in [1.82, 2.24) is 20.6 Å². The highest BCUT2D eigenvalue weighted by molar-refractivity contribution is 6.15. The fraction of sp³-hybridized carbons (Fsp3) is 0.0714. The number of nitrogens with one attached hydrogen (secondary N) is 2. The Balaban J connectivity index is 1.61. The van der Waals surface area contributed by atoms with Crippen molar-refractivity contribution in [2.24, 2.45) is 4.99 Å². The molecule has 0 saturated heterocycles. The Morgan fingerprint density at radius 2 is 2.18 bits per heavy atom. The van der Waals surface area contributed by atoms with Crippen molar-refractivity contribution in [2.75, 3.05) is 16.8 Å². The molecule has 4 rings (SSSR count). The SMILES string of the molecule is O=C(Nc1nnn[nH]1)C1=CN=C2C=Cc3ccccc3N2C1. The number of nitrogens with zero attached hydrogens (tertiary/aromatic N) is 5. The highest BCUT2D eigenvalue weighted by Gasteiger charge is 2.25. The largest absolute Gasteiger partial charge is 0.321 e. The molecule has 1 amide bonds. The van der Waals surface area contributed by atoms with Gasteiger partial charge in [-0.3, -0.25) is 10.1 Å². The van der Waals surface area contributed by atoms with Crippen molar-refractivity contribution in [2.45, 2.75) is 0 Å². The lowest BCUT2D eigenvalue weighted by Crippen LogP contribution is -2.38. The number of H-pyrrole nitrogens is 1. The number of rotatable bonds is 2. The number of amides is 1. The Bertz CT molecular complexity index is 819. The van der Waals surface area contributed by atoms with Crippen LogP contribution in [-0.4, -0.2) is 38.9 Å². The Morgan fingerprint density at radius 1 is 1.27 bits per heavy atom. The quantitative estimate of drug-likeness (QED) is 0.859. The number of anilines is 2. The van der Waals surface area contributed by atoms with Crippen LogP contribution < -0.4 is 10.2 Å². The molecule has 3 heterocycles. The zero-order valence-electron chi connectivity index (χ0n) is 11.4. The van der Waals surface area contributed by atoms with E-state index < -0.39 is 0 Å². The third-order valence-electron chi connectivity index (χ3n) is 3.47. The maximum atomic E-state index is 12.2. The molecule has 0 atom stereocenters. The summed E-state index contributed by atoms with van der Waals surface area (Å²) in [6.45, 7) is 0.438. The van der Waals surface area contributed by atoms with Crippen molar-refractivity contribution in [3.63, 3.8) is 0 Å². The van der Waals surface area contributed by atoms with Crippen LogP contribution in [0.4, 0.5) is 11.6 Å². The van der Waals surface area contributed by atoms with E-state index in [0.29, 0.717) is 12.1 Å². The second-order valence-electron chi connectivity index (χ2n) is 4.82. The first kappa shape index (κ1) is 12.5. The molecule has 108 valence electrons. The van der Waals surface area contributed by atoms with Gasteiger partial charge in [-0.1, -0.05) is 23.3 Å². The number of aromatic nitrogens is 4. The molecular formula is C14H11N7O. The monoisotopic (exact) mass is 293 g/mol. The van der Waals surface area contributed by atoms with E-state index in [1.54, 1.807) is 6.20 Å². The molecule has 1 aromatic carbocycles. The smallest absolute Gasteiger partial charge is 0.257 e. The van der Waals surface area contributed by atoms with Crippen molar-refractivity contribution in [3.05, 3.63) is 47.7 Å². The van der Waals surface area contributed by atoms with Crippen LogP contribution in [0.2, 0.25) is 0 Å². The number of carbonyl (C=O) groups excluding carboxylic acids is 1. The van der Waals surface area contributed by atoms with Crippen molar-refractivity contribution in [3.8, 4) is 0 Å². The zero-order valence-corrected chi connectivity index (χ0v) is 11.4. The average molecular weight is 293 g/mol. The molecule has 0 aliphatic carbocycles. The molecule has 2 aromatic rings. The summed E-state index contributed by atoms with van der Waals surface area (Å²) < 4.78 is 0. The number of benzene rings is 1. The lowest BCUT2D eigenvalue weighted by Gasteiger charge is -2.31. The van der Waals surface area contributed by atoms with Crippen LogP contribution in [0.15, 0.2) is 47.1 Å². The first-order valence-electron chi connectivity index (χ1n) is 6.68. The van der Waals surface area contributed by atoms with Gasteiger partial charge in [0.25, 0.3) is 5.91 Å². The van der Waals surface area contributed by atoms with Gasteiger partial charge >= 0.3 is 0 Å². The van der Waals surface area contributed by atoms with E-state index in [1.165, 1.54) is 0 Å². The third kappa shape index (κ3) is 2.06. The van der Waals surface area contributed by atoms with Crippen LogP contribution in [-0.2, 0) is 4.79 Å². The zero-order chi connectivity index (χ0) is 14.9. The summed E-state index contributed by atoms with van der Waals surface area (Å²) >= 11 is 0. The number of amidine groups is 1. The van der Waals surface area contributed by atoms with E-state index >= 15 is 0 Å². The molecule has 0 saturated carbocycles. The molecule has 2 aliphatic heterocycles. The minimum absolute atomic E-state index is 0.208. The summed E-state index contributed by atoms with van der Waals surface area (Å²) in [6.07, 6.45) is 5.53. The number of fused-ring (bicyclic) bond motifs is 3. The summed E-state index contributed by atoms with van der Waals surface area (Å²) in [5, 5.41) is 15.5. The molecule has 0 fully saturated rings. The molecule has 0 spiro atoms. The van der Waals surface area contributed by atoms with Gasteiger partial charge in [-0.2, -0.15) is 0 Å². The molecule has 2 N–H and O–H groups in total. The lowest BCUT2D eigenvalue weighted by atomic mass is 10.1. The molecule has 22 heavy (non-hydrogen) atoms. The molecule has 0 radical (unpaired) electrons. The number of carbonyl (C=O) groups is 1. The molecule has 0 unspecified atom stereocenters. The second-order valence-corrected chi connectivity index (χ2v) is 4.82. The number of hydrogen-bond donors (Lipinski definition) is 2. The van der Waals surface area contributed by atoms with Crippen molar-refractivity contribution in [1.29, 1.82) is 0 Å². The standard InChI is InChI=1S/C14H11N7O/c22-13(16-14-17-19-20-18-14)10-7-15-12-6-5-9-3-1-2-4-11(9)21(12)8-10/h1-7H,8H2,(H2,16,17,18,19,20,22). The van der Waals surface area contributed by atoms with Gasteiger partial charge in [0.15, 0.2) is 0 Å². The van der Waals surface area contributed by atoms with Crippen LogP contribution in [0.3, 0.4) is 0 Å². The molecule has 8 nitrogen and oxygen atoms in total. The van der Waals surface area contributed by atoms with Gasteiger partial charge in [-0.25, -0.2) is 10.1 Å². The normalized spacial score (nSPS) is 15.5. The Hall–Kier alpha value is -3.29. The minimum atomic E-state index is -0.284. The Kier molecular flexibility index (Phi) is 2.78. The summed E-state index contributed by atoms with van der Waals surface area (Å²) in [7, 11) is 0. The Morgan fingerprint density at radius 3 is 3.05 bits per heavy atom. The van der Waals surface area contributed by atoms with Gasteiger partial charge in [0.2, 0.25) is 5.95 Å². The average Bonchev–Trinajstić information content (AvgIpc) is 3.07. The Labute approximate surface area is 125 Å². The molecule has 8 heteroatoms. The van der Waals surface area contributed by atoms with E-state index in [-0.39, 0.29) is 11.9 Å². The molecule has 0 bridgehead atoms. The summed E-state index contributed by atoms with van der Waals surface area (Å²) in [6, 6.07) is 7.99. The van der Waals surface area contributed by atoms with E-state index in [9.17, 15) is 4.79 Å². The fourth-order valence-corrected chi connectivity index (χ4v) is 2.42. The third-order valence-corrected chi connectivity index (χ3v) is 3.47. The van der Waals surface area contributed by atoms with E-state index in [1.807, 2.05) is 41.3 Å². The number of tetrazole rings is 1. The van der Waals surface area contributed by atoms with Crippen molar-refractivity contribution >= 4 is 29.5 Å². The van der Waals surface area contributed by atoms with Gasteiger partial charge < -0.3 is 4.90 Å². The summed E-state index contributed by atoms with van der Waals surface area (Å²) in [5.41, 5.74) is 2.66. The molecular weight excluding hydrogens is 282 g/mol. The lowest BCUT2D eigenvalue weighted by molar-refractivity contribution is -0.112. The summed E-state index contributed by atoms with van der Waals surface area (Å²) in [5.74, 6) is 0.740. The number of para-hydroxylation sites is 1. The van der Waals surface area contributed by atoms with Crippen LogP contribution >= 0.6 is 0 Å². The second kappa shape index (κ2) is 4.92. The number of aromatic amines is 1. The van der Waals surface area contributed by atoms with Gasteiger partial charge in [-0.05, 0) is 34.2 Å². The van der Waals surface area contributed by atoms with Crippen LogP contribution in [0.5, 0.6) is 0 Å². The maximum Gasteiger partial charge on any atom is 0.257 e. The minimum Gasteiger partial charge on any atom is -0.321 e. The van der Waals surface area contributed by atoms with E-state index in [4.69, 9.17) is 0 Å².